The molecule has 0 aliphatic rings. The van der Waals surface area contributed by atoms with Crippen molar-refractivity contribution in [2.24, 2.45) is 0 Å². The zero-order valence-corrected chi connectivity index (χ0v) is 15.7. The van der Waals surface area contributed by atoms with Gasteiger partial charge in [-0.05, 0) is 59.3 Å². The van der Waals surface area contributed by atoms with Crippen LogP contribution < -0.4 is 10.1 Å². The molecule has 0 radical (unpaired) electrons. The molecule has 1 atom stereocenters. The molecule has 0 aliphatic heterocycles. The van der Waals surface area contributed by atoms with Gasteiger partial charge in [-0.1, -0.05) is 11.6 Å². The third-order valence-corrected chi connectivity index (χ3v) is 4.24. The second-order valence-electron chi connectivity index (χ2n) is 5.01. The Morgan fingerprint density at radius 2 is 1.96 bits per heavy atom. The van der Waals surface area contributed by atoms with E-state index in [0.29, 0.717) is 10.2 Å². The largest absolute Gasteiger partial charge is 0.497 e. The quantitative estimate of drug-likeness (QED) is 0.713. The number of hydrogen-bond acceptors (Lipinski definition) is 4. The number of carbonyl (C=O) groups excluding carboxylic acids is 2. The molecule has 0 fully saturated rings. The van der Waals surface area contributed by atoms with Crippen molar-refractivity contribution < 1.29 is 23.5 Å². The number of halogens is 3. The van der Waals surface area contributed by atoms with E-state index < -0.39 is 23.8 Å². The molecule has 1 amide bonds. The summed E-state index contributed by atoms with van der Waals surface area (Å²) in [7, 11) is 1.47. The minimum absolute atomic E-state index is 0.0439. The average molecular weight is 431 g/mol. The fraction of sp³-hybridized carbons (Fsp3) is 0.176. The Balaban J connectivity index is 2.06. The molecular formula is C17H14BrClFNO4. The average Bonchev–Trinajstić information content (AvgIpc) is 2.57. The van der Waals surface area contributed by atoms with E-state index in [-0.39, 0.29) is 16.3 Å². The third-order valence-electron chi connectivity index (χ3n) is 3.24. The maximum absolute atomic E-state index is 13.0. The van der Waals surface area contributed by atoms with E-state index in [1.54, 1.807) is 12.1 Å². The summed E-state index contributed by atoms with van der Waals surface area (Å²) in [5.74, 6) is -1.34. The van der Waals surface area contributed by atoms with Crippen LogP contribution in [-0.4, -0.2) is 25.1 Å². The zero-order valence-electron chi connectivity index (χ0n) is 13.3. The number of nitrogens with one attached hydrogen (secondary N) is 1. The summed E-state index contributed by atoms with van der Waals surface area (Å²) in [4.78, 5) is 24.4. The molecule has 2 aromatic rings. The molecule has 0 spiro atoms. The number of amides is 1. The summed E-state index contributed by atoms with van der Waals surface area (Å²) in [6.45, 7) is 1.42. The minimum Gasteiger partial charge on any atom is -0.497 e. The van der Waals surface area contributed by atoms with Crippen LogP contribution in [-0.2, 0) is 9.53 Å². The smallest absolute Gasteiger partial charge is 0.340 e. The Morgan fingerprint density at radius 3 is 2.60 bits per heavy atom. The predicted octanol–water partition coefficient (Wildman–Crippen LogP) is 4.43. The first-order valence-electron chi connectivity index (χ1n) is 7.12. The number of anilines is 1. The van der Waals surface area contributed by atoms with Gasteiger partial charge in [-0.2, -0.15) is 0 Å². The normalized spacial score (nSPS) is 11.6. The summed E-state index contributed by atoms with van der Waals surface area (Å²) >= 11 is 9.10. The first-order valence-corrected chi connectivity index (χ1v) is 8.29. The highest BCUT2D eigenvalue weighted by molar-refractivity contribution is 9.10. The van der Waals surface area contributed by atoms with Crippen LogP contribution >= 0.6 is 27.5 Å². The van der Waals surface area contributed by atoms with Crippen molar-refractivity contribution in [1.82, 2.24) is 0 Å². The van der Waals surface area contributed by atoms with Gasteiger partial charge in [0.15, 0.2) is 6.10 Å². The molecule has 0 aliphatic carbocycles. The van der Waals surface area contributed by atoms with Crippen LogP contribution in [0.2, 0.25) is 5.02 Å². The van der Waals surface area contributed by atoms with Gasteiger partial charge in [0, 0.05) is 4.47 Å². The van der Waals surface area contributed by atoms with Crippen LogP contribution in [0.5, 0.6) is 5.75 Å². The van der Waals surface area contributed by atoms with Crippen molar-refractivity contribution >= 4 is 45.1 Å². The Kier molecular flexibility index (Phi) is 6.39. The lowest BCUT2D eigenvalue weighted by Crippen LogP contribution is -2.30. The van der Waals surface area contributed by atoms with E-state index in [1.165, 1.54) is 26.2 Å². The first kappa shape index (κ1) is 19.2. The molecule has 0 bridgehead atoms. The Bertz CT molecular complexity index is 815. The Hall–Kier alpha value is -2.12. The highest BCUT2D eigenvalue weighted by Gasteiger charge is 2.21. The molecule has 132 valence electrons. The van der Waals surface area contributed by atoms with Gasteiger partial charge >= 0.3 is 5.97 Å². The van der Waals surface area contributed by atoms with Crippen LogP contribution in [0.3, 0.4) is 0 Å². The molecule has 1 unspecified atom stereocenters. The molecule has 8 heteroatoms. The molecule has 5 nitrogen and oxygen atoms in total. The van der Waals surface area contributed by atoms with Crippen LogP contribution in [0.1, 0.15) is 17.3 Å². The molecular weight excluding hydrogens is 417 g/mol. The summed E-state index contributed by atoms with van der Waals surface area (Å²) in [6, 6.07) is 8.36. The maximum Gasteiger partial charge on any atom is 0.340 e. The van der Waals surface area contributed by atoms with Crippen LogP contribution in [0.15, 0.2) is 40.9 Å². The zero-order chi connectivity index (χ0) is 18.6. The molecule has 2 rings (SSSR count). The summed E-state index contributed by atoms with van der Waals surface area (Å²) in [5, 5.41) is 2.52. The van der Waals surface area contributed by atoms with E-state index in [4.69, 9.17) is 21.1 Å². The number of methoxy groups -OCH3 is 1. The topological polar surface area (TPSA) is 64.6 Å². The lowest BCUT2D eigenvalue weighted by molar-refractivity contribution is -0.123. The molecule has 25 heavy (non-hydrogen) atoms. The lowest BCUT2D eigenvalue weighted by Gasteiger charge is -2.15. The molecule has 0 saturated carbocycles. The number of ether oxygens (including phenoxy) is 2. The van der Waals surface area contributed by atoms with E-state index >= 15 is 0 Å². The summed E-state index contributed by atoms with van der Waals surface area (Å²) in [5.41, 5.74) is 0.442. The molecule has 2 aromatic carbocycles. The Morgan fingerprint density at radius 1 is 1.24 bits per heavy atom. The van der Waals surface area contributed by atoms with Crippen molar-refractivity contribution in [2.45, 2.75) is 13.0 Å². The fourth-order valence-electron chi connectivity index (χ4n) is 1.89. The first-order chi connectivity index (χ1) is 11.8. The lowest BCUT2D eigenvalue weighted by atomic mass is 10.2. The second-order valence-corrected chi connectivity index (χ2v) is 6.27. The van der Waals surface area contributed by atoms with Crippen LogP contribution in [0.4, 0.5) is 10.1 Å². The van der Waals surface area contributed by atoms with Crippen LogP contribution in [0.25, 0.3) is 0 Å². The monoisotopic (exact) mass is 429 g/mol. The summed E-state index contributed by atoms with van der Waals surface area (Å²) in [6.07, 6.45) is -1.09. The van der Waals surface area contributed by atoms with Gasteiger partial charge in [-0.15, -0.1) is 0 Å². The van der Waals surface area contributed by atoms with Crippen molar-refractivity contribution in [1.29, 1.82) is 0 Å². The number of benzene rings is 2. The van der Waals surface area contributed by atoms with E-state index in [9.17, 15) is 14.0 Å². The number of esters is 1. The SMILES string of the molecule is COc1ccc(Br)c(C(=O)OC(C)C(=O)Nc2ccc(F)cc2Cl)c1. The van der Waals surface area contributed by atoms with Gasteiger partial charge in [0.1, 0.15) is 11.6 Å². The Labute approximate surface area is 157 Å². The van der Waals surface area contributed by atoms with Gasteiger partial charge in [0.25, 0.3) is 5.91 Å². The van der Waals surface area contributed by atoms with Gasteiger partial charge in [0.2, 0.25) is 0 Å². The van der Waals surface area contributed by atoms with Gasteiger partial charge in [0.05, 0.1) is 23.4 Å². The number of rotatable bonds is 5. The molecule has 0 saturated heterocycles. The highest BCUT2D eigenvalue weighted by atomic mass is 79.9. The molecule has 0 heterocycles. The minimum atomic E-state index is -1.09. The molecule has 0 aromatic heterocycles. The van der Waals surface area contributed by atoms with E-state index in [0.717, 1.165) is 12.1 Å². The van der Waals surface area contributed by atoms with E-state index in [2.05, 4.69) is 21.2 Å². The van der Waals surface area contributed by atoms with Crippen molar-refractivity contribution in [3.8, 4) is 5.75 Å². The summed E-state index contributed by atoms with van der Waals surface area (Å²) < 4.78 is 23.8. The van der Waals surface area contributed by atoms with Crippen molar-refractivity contribution in [2.75, 3.05) is 12.4 Å². The highest BCUT2D eigenvalue weighted by Crippen LogP contribution is 2.25. The second kappa shape index (κ2) is 8.31. The number of hydrogen-bond donors (Lipinski definition) is 1. The standard InChI is InChI=1S/C17H14BrClFNO4/c1-9(16(22)21-15-6-3-10(20)7-14(15)19)25-17(23)12-8-11(24-2)4-5-13(12)18/h3-9H,1-2H3,(H,21,22). The predicted molar refractivity (Wildman–Crippen MR) is 95.6 cm³/mol. The third kappa shape index (κ3) is 4.93. The molecule has 1 N–H and O–H groups in total. The van der Waals surface area contributed by atoms with Gasteiger partial charge in [-0.3, -0.25) is 4.79 Å². The maximum atomic E-state index is 13.0. The van der Waals surface area contributed by atoms with Crippen molar-refractivity contribution in [3.05, 3.63) is 57.3 Å². The van der Waals surface area contributed by atoms with Gasteiger partial charge < -0.3 is 14.8 Å². The fourth-order valence-corrected chi connectivity index (χ4v) is 2.51. The van der Waals surface area contributed by atoms with Gasteiger partial charge in [-0.25, -0.2) is 9.18 Å². The van der Waals surface area contributed by atoms with E-state index in [1.807, 2.05) is 0 Å². The number of carbonyl (C=O) groups is 2. The van der Waals surface area contributed by atoms with Crippen molar-refractivity contribution in [3.63, 3.8) is 0 Å². The van der Waals surface area contributed by atoms with Crippen LogP contribution in [0, 0.1) is 5.82 Å².